The smallest absolute Gasteiger partial charge is 0.306 e. The number of hydrogen-bond donors (Lipinski definition) is 0. The van der Waals surface area contributed by atoms with Crippen LogP contribution in [0.2, 0.25) is 0 Å². The zero-order valence-corrected chi connectivity index (χ0v) is 10.4. The molecule has 0 aliphatic carbocycles. The highest BCUT2D eigenvalue weighted by Crippen LogP contribution is 2.35. The topological polar surface area (TPSA) is 26.3 Å². The molecular formula is C14H18O2. The standard InChI is InChI=1S/C14H18O2/c1-8-7-9(2)11(4)14(10(8)3)12-5-6-13(15)16-12/h7,12H,5-6H2,1-4H3. The molecule has 16 heavy (non-hydrogen) atoms. The highest BCUT2D eigenvalue weighted by Gasteiger charge is 2.28. The number of aryl methyl sites for hydroxylation is 2. The third-order valence-corrected chi connectivity index (χ3v) is 3.63. The SMILES string of the molecule is Cc1cc(C)c(C)c(C2CCC(=O)O2)c1C. The van der Waals surface area contributed by atoms with Crippen LogP contribution >= 0.6 is 0 Å². The van der Waals surface area contributed by atoms with E-state index in [4.69, 9.17) is 4.74 Å². The minimum Gasteiger partial charge on any atom is -0.457 e. The lowest BCUT2D eigenvalue weighted by Gasteiger charge is -2.19. The molecule has 1 unspecified atom stereocenters. The Morgan fingerprint density at radius 3 is 2.12 bits per heavy atom. The van der Waals surface area contributed by atoms with Crippen LogP contribution in [0.15, 0.2) is 6.07 Å². The molecule has 0 amide bonds. The van der Waals surface area contributed by atoms with E-state index in [1.54, 1.807) is 0 Å². The molecule has 1 aliphatic heterocycles. The summed E-state index contributed by atoms with van der Waals surface area (Å²) in [5.74, 6) is -0.0667. The molecule has 0 N–H and O–H groups in total. The highest BCUT2D eigenvalue weighted by atomic mass is 16.5. The molecule has 2 nitrogen and oxygen atoms in total. The van der Waals surface area contributed by atoms with E-state index in [1.165, 1.54) is 27.8 Å². The summed E-state index contributed by atoms with van der Waals surface area (Å²) in [4.78, 5) is 11.2. The number of benzene rings is 1. The van der Waals surface area contributed by atoms with Gasteiger partial charge >= 0.3 is 5.97 Å². The fraction of sp³-hybridized carbons (Fsp3) is 0.500. The number of rotatable bonds is 1. The van der Waals surface area contributed by atoms with E-state index >= 15 is 0 Å². The quantitative estimate of drug-likeness (QED) is 0.676. The van der Waals surface area contributed by atoms with Gasteiger partial charge in [0.1, 0.15) is 6.10 Å². The predicted octanol–water partition coefficient (Wildman–Crippen LogP) is 3.30. The Morgan fingerprint density at radius 2 is 1.69 bits per heavy atom. The average Bonchev–Trinajstić information content (AvgIpc) is 2.62. The Morgan fingerprint density at radius 1 is 1.12 bits per heavy atom. The summed E-state index contributed by atoms with van der Waals surface area (Å²) in [6, 6.07) is 2.20. The fourth-order valence-corrected chi connectivity index (χ4v) is 2.46. The van der Waals surface area contributed by atoms with Crippen LogP contribution in [-0.4, -0.2) is 5.97 Å². The van der Waals surface area contributed by atoms with Gasteiger partial charge in [0.25, 0.3) is 0 Å². The third-order valence-electron chi connectivity index (χ3n) is 3.63. The highest BCUT2D eigenvalue weighted by molar-refractivity contribution is 5.72. The van der Waals surface area contributed by atoms with E-state index in [2.05, 4.69) is 33.8 Å². The van der Waals surface area contributed by atoms with Crippen LogP contribution in [0.4, 0.5) is 0 Å². The van der Waals surface area contributed by atoms with Gasteiger partial charge in [-0.25, -0.2) is 0 Å². The second-order valence-electron chi connectivity index (χ2n) is 4.69. The molecule has 0 saturated carbocycles. The zero-order chi connectivity index (χ0) is 11.9. The van der Waals surface area contributed by atoms with Gasteiger partial charge in [-0.2, -0.15) is 0 Å². The van der Waals surface area contributed by atoms with Crippen LogP contribution in [0.3, 0.4) is 0 Å². The van der Waals surface area contributed by atoms with Gasteiger partial charge < -0.3 is 4.74 Å². The number of carbonyl (C=O) groups is 1. The van der Waals surface area contributed by atoms with Crippen molar-refractivity contribution in [1.29, 1.82) is 0 Å². The van der Waals surface area contributed by atoms with Crippen LogP contribution in [0, 0.1) is 27.7 Å². The molecule has 1 aliphatic rings. The number of cyclic esters (lactones) is 1. The minimum atomic E-state index is -0.0667. The second-order valence-corrected chi connectivity index (χ2v) is 4.69. The first kappa shape index (κ1) is 11.2. The summed E-state index contributed by atoms with van der Waals surface area (Å²) < 4.78 is 5.38. The Bertz CT molecular complexity index is 420. The monoisotopic (exact) mass is 218 g/mol. The Balaban J connectivity index is 2.51. The van der Waals surface area contributed by atoms with Gasteiger partial charge in [0.15, 0.2) is 0 Å². The Labute approximate surface area is 96.6 Å². The van der Waals surface area contributed by atoms with Gasteiger partial charge in [-0.3, -0.25) is 4.79 Å². The van der Waals surface area contributed by atoms with Gasteiger partial charge in [0, 0.05) is 6.42 Å². The maximum absolute atomic E-state index is 11.2. The molecule has 1 atom stereocenters. The van der Waals surface area contributed by atoms with Gasteiger partial charge in [-0.1, -0.05) is 6.07 Å². The van der Waals surface area contributed by atoms with E-state index < -0.39 is 0 Å². The number of esters is 1. The van der Waals surface area contributed by atoms with Crippen molar-refractivity contribution in [1.82, 2.24) is 0 Å². The molecule has 2 rings (SSSR count). The lowest BCUT2D eigenvalue weighted by atomic mass is 9.90. The number of hydrogen-bond acceptors (Lipinski definition) is 2. The molecule has 1 aromatic rings. The average molecular weight is 218 g/mol. The van der Waals surface area contributed by atoms with E-state index in [9.17, 15) is 4.79 Å². The largest absolute Gasteiger partial charge is 0.457 e. The van der Waals surface area contributed by atoms with Crippen LogP contribution in [0.25, 0.3) is 0 Å². The zero-order valence-electron chi connectivity index (χ0n) is 10.4. The van der Waals surface area contributed by atoms with Crippen LogP contribution < -0.4 is 0 Å². The van der Waals surface area contributed by atoms with Crippen molar-refractivity contribution < 1.29 is 9.53 Å². The molecule has 1 saturated heterocycles. The van der Waals surface area contributed by atoms with Crippen molar-refractivity contribution >= 4 is 5.97 Å². The molecule has 0 radical (unpaired) electrons. The van der Waals surface area contributed by atoms with Crippen LogP contribution in [-0.2, 0) is 9.53 Å². The summed E-state index contributed by atoms with van der Waals surface area (Å²) in [5, 5.41) is 0. The lowest BCUT2D eigenvalue weighted by molar-refractivity contribution is -0.141. The number of carbonyl (C=O) groups excluding carboxylic acids is 1. The van der Waals surface area contributed by atoms with Gasteiger partial charge in [-0.05, 0) is 61.9 Å². The minimum absolute atomic E-state index is 0.0221. The normalized spacial score (nSPS) is 20.0. The maximum Gasteiger partial charge on any atom is 0.306 e. The molecule has 1 fully saturated rings. The van der Waals surface area contributed by atoms with E-state index in [0.29, 0.717) is 6.42 Å². The summed E-state index contributed by atoms with van der Waals surface area (Å²) in [6.07, 6.45) is 1.35. The summed E-state index contributed by atoms with van der Waals surface area (Å²) in [7, 11) is 0. The van der Waals surface area contributed by atoms with E-state index in [0.717, 1.165) is 6.42 Å². The third kappa shape index (κ3) is 1.73. The maximum atomic E-state index is 11.2. The summed E-state index contributed by atoms with van der Waals surface area (Å²) in [6.45, 7) is 8.45. The molecule has 2 heteroatoms. The molecular weight excluding hydrogens is 200 g/mol. The predicted molar refractivity (Wildman–Crippen MR) is 63.5 cm³/mol. The van der Waals surface area contributed by atoms with Crippen molar-refractivity contribution in [3.05, 3.63) is 33.9 Å². The second kappa shape index (κ2) is 3.93. The first-order valence-corrected chi connectivity index (χ1v) is 5.77. The van der Waals surface area contributed by atoms with E-state index in [-0.39, 0.29) is 12.1 Å². The van der Waals surface area contributed by atoms with Gasteiger partial charge in [0.05, 0.1) is 0 Å². The van der Waals surface area contributed by atoms with E-state index in [1.807, 2.05) is 0 Å². The summed E-state index contributed by atoms with van der Waals surface area (Å²) >= 11 is 0. The Kier molecular flexibility index (Phi) is 2.75. The lowest BCUT2D eigenvalue weighted by Crippen LogP contribution is -2.06. The van der Waals surface area contributed by atoms with Gasteiger partial charge in [0.2, 0.25) is 0 Å². The molecule has 1 aromatic carbocycles. The van der Waals surface area contributed by atoms with Crippen molar-refractivity contribution in [3.8, 4) is 0 Å². The number of ether oxygens (including phenoxy) is 1. The fourth-order valence-electron chi connectivity index (χ4n) is 2.46. The first-order valence-electron chi connectivity index (χ1n) is 5.77. The van der Waals surface area contributed by atoms with Crippen molar-refractivity contribution in [2.45, 2.75) is 46.6 Å². The molecule has 0 aromatic heterocycles. The van der Waals surface area contributed by atoms with Crippen molar-refractivity contribution in [2.75, 3.05) is 0 Å². The van der Waals surface area contributed by atoms with Crippen molar-refractivity contribution in [2.24, 2.45) is 0 Å². The molecule has 0 spiro atoms. The van der Waals surface area contributed by atoms with Gasteiger partial charge in [-0.15, -0.1) is 0 Å². The van der Waals surface area contributed by atoms with Crippen LogP contribution in [0.5, 0.6) is 0 Å². The summed E-state index contributed by atoms with van der Waals surface area (Å²) in [5.41, 5.74) is 6.32. The van der Waals surface area contributed by atoms with Crippen molar-refractivity contribution in [3.63, 3.8) is 0 Å². The molecule has 86 valence electrons. The molecule has 0 bridgehead atoms. The first-order chi connectivity index (χ1) is 7.50. The molecule has 1 heterocycles. The van der Waals surface area contributed by atoms with Crippen LogP contribution in [0.1, 0.15) is 46.8 Å². The Hall–Kier alpha value is -1.31.